The lowest BCUT2D eigenvalue weighted by Crippen LogP contribution is -2.50. The van der Waals surface area contributed by atoms with Crippen molar-refractivity contribution in [3.63, 3.8) is 0 Å². The highest BCUT2D eigenvalue weighted by molar-refractivity contribution is 5.97. The molecule has 1 aliphatic carbocycles. The number of anilines is 1. The molecule has 1 aliphatic heterocycles. The first-order valence-electron chi connectivity index (χ1n) is 12.8. The fraction of sp³-hybridized carbons (Fsp3) is 0.464. The third-order valence-corrected chi connectivity index (χ3v) is 7.06. The molecule has 37 heavy (non-hydrogen) atoms. The van der Waals surface area contributed by atoms with Crippen LogP contribution in [0.4, 0.5) is 14.9 Å². The molecule has 0 unspecified atom stereocenters. The molecule has 0 spiro atoms. The minimum absolute atomic E-state index is 0.168. The van der Waals surface area contributed by atoms with E-state index in [0.29, 0.717) is 17.8 Å². The Morgan fingerprint density at radius 1 is 1.35 bits per heavy atom. The monoisotopic (exact) mass is 510 g/mol. The van der Waals surface area contributed by atoms with Crippen molar-refractivity contribution in [3.8, 4) is 5.88 Å². The number of pyridine rings is 1. The quantitative estimate of drug-likeness (QED) is 0.594. The maximum atomic E-state index is 13.6. The van der Waals surface area contributed by atoms with Gasteiger partial charge in [-0.2, -0.15) is 0 Å². The SMILES string of the molecule is C[C@@H]1CN([C@H](C)CO)C(=O)c2cc(C3=CCCCC3)cnc2O[C@@H]1CN(C)C(=O)Nc1cccc(F)c1. The van der Waals surface area contributed by atoms with E-state index >= 15 is 0 Å². The fourth-order valence-electron chi connectivity index (χ4n) is 4.73. The summed E-state index contributed by atoms with van der Waals surface area (Å²) in [5.74, 6) is -0.620. The molecular formula is C28H35FN4O4. The molecule has 0 bridgehead atoms. The van der Waals surface area contributed by atoms with Crippen LogP contribution in [0.15, 0.2) is 42.6 Å². The van der Waals surface area contributed by atoms with Crippen molar-refractivity contribution in [1.29, 1.82) is 0 Å². The number of aliphatic hydroxyl groups excluding tert-OH is 1. The first kappa shape index (κ1) is 26.6. The Morgan fingerprint density at radius 2 is 2.16 bits per heavy atom. The third kappa shape index (κ3) is 6.28. The molecule has 1 aromatic carbocycles. The van der Waals surface area contributed by atoms with E-state index in [9.17, 15) is 19.1 Å². The number of benzene rings is 1. The average Bonchev–Trinajstić information content (AvgIpc) is 2.90. The zero-order valence-corrected chi connectivity index (χ0v) is 21.6. The van der Waals surface area contributed by atoms with Gasteiger partial charge in [0.15, 0.2) is 0 Å². The van der Waals surface area contributed by atoms with Crippen LogP contribution in [-0.4, -0.2) is 70.7 Å². The van der Waals surface area contributed by atoms with Crippen molar-refractivity contribution < 1.29 is 23.8 Å². The van der Waals surface area contributed by atoms with Crippen LogP contribution in [-0.2, 0) is 0 Å². The molecular weight excluding hydrogens is 475 g/mol. The number of likely N-dealkylation sites (N-methyl/N-ethyl adjacent to an activating group) is 1. The van der Waals surface area contributed by atoms with Gasteiger partial charge in [-0.05, 0) is 68.0 Å². The number of urea groups is 1. The molecule has 0 fully saturated rings. The number of allylic oxidation sites excluding steroid dienone is 2. The maximum Gasteiger partial charge on any atom is 0.321 e. The van der Waals surface area contributed by atoms with Gasteiger partial charge in [-0.25, -0.2) is 14.2 Å². The predicted molar refractivity (Wildman–Crippen MR) is 140 cm³/mol. The zero-order chi connectivity index (χ0) is 26.5. The number of carbonyl (C=O) groups is 2. The van der Waals surface area contributed by atoms with Crippen molar-refractivity contribution in [1.82, 2.24) is 14.8 Å². The zero-order valence-electron chi connectivity index (χ0n) is 21.6. The van der Waals surface area contributed by atoms with Crippen molar-refractivity contribution in [3.05, 3.63) is 59.5 Å². The number of nitrogens with one attached hydrogen (secondary N) is 1. The Kier molecular flexibility index (Phi) is 8.43. The van der Waals surface area contributed by atoms with Crippen LogP contribution in [0, 0.1) is 11.7 Å². The van der Waals surface area contributed by atoms with E-state index in [2.05, 4.69) is 16.4 Å². The van der Waals surface area contributed by atoms with Crippen molar-refractivity contribution in [2.24, 2.45) is 5.92 Å². The smallest absolute Gasteiger partial charge is 0.321 e. The highest BCUT2D eigenvalue weighted by Crippen LogP contribution is 2.32. The summed E-state index contributed by atoms with van der Waals surface area (Å²) in [6.45, 7) is 4.14. The number of halogens is 1. The van der Waals surface area contributed by atoms with E-state index in [1.54, 1.807) is 31.1 Å². The lowest BCUT2D eigenvalue weighted by atomic mass is 9.93. The molecule has 4 rings (SSSR count). The fourth-order valence-corrected chi connectivity index (χ4v) is 4.73. The van der Waals surface area contributed by atoms with E-state index in [0.717, 1.165) is 31.2 Å². The summed E-state index contributed by atoms with van der Waals surface area (Å²) >= 11 is 0. The molecule has 3 atom stereocenters. The number of rotatable bonds is 6. The molecule has 0 radical (unpaired) electrons. The first-order valence-corrected chi connectivity index (χ1v) is 12.8. The highest BCUT2D eigenvalue weighted by atomic mass is 19.1. The van der Waals surface area contributed by atoms with Crippen LogP contribution in [0.2, 0.25) is 0 Å². The number of aliphatic hydroxyl groups is 1. The summed E-state index contributed by atoms with van der Waals surface area (Å²) in [5, 5.41) is 12.6. The summed E-state index contributed by atoms with van der Waals surface area (Å²) in [7, 11) is 1.63. The minimum atomic E-state index is -0.476. The van der Waals surface area contributed by atoms with E-state index < -0.39 is 24.0 Å². The number of amides is 3. The van der Waals surface area contributed by atoms with Crippen LogP contribution in [0.25, 0.3) is 5.57 Å². The van der Waals surface area contributed by atoms with Gasteiger partial charge in [0.2, 0.25) is 5.88 Å². The normalized spacial score (nSPS) is 20.6. The summed E-state index contributed by atoms with van der Waals surface area (Å²) in [6.07, 6.45) is 7.68. The molecule has 198 valence electrons. The molecule has 2 heterocycles. The maximum absolute atomic E-state index is 13.6. The molecule has 0 saturated heterocycles. The Balaban J connectivity index is 1.60. The number of carbonyl (C=O) groups excluding carboxylic acids is 2. The number of ether oxygens (including phenoxy) is 1. The second-order valence-corrected chi connectivity index (χ2v) is 10.00. The molecule has 1 aromatic heterocycles. The Hall–Kier alpha value is -3.46. The van der Waals surface area contributed by atoms with Crippen molar-refractivity contribution in [2.45, 2.75) is 51.7 Å². The van der Waals surface area contributed by atoms with E-state index in [1.165, 1.54) is 28.7 Å². The molecule has 2 aliphatic rings. The van der Waals surface area contributed by atoms with Gasteiger partial charge in [-0.3, -0.25) is 4.79 Å². The Morgan fingerprint density at radius 3 is 2.86 bits per heavy atom. The number of aromatic nitrogens is 1. The van der Waals surface area contributed by atoms with Gasteiger partial charge < -0.3 is 25.0 Å². The van der Waals surface area contributed by atoms with Gasteiger partial charge in [0.1, 0.15) is 17.5 Å². The van der Waals surface area contributed by atoms with Crippen LogP contribution in [0.1, 0.15) is 55.5 Å². The largest absolute Gasteiger partial charge is 0.472 e. The number of hydrogen-bond donors (Lipinski definition) is 2. The van der Waals surface area contributed by atoms with Gasteiger partial charge in [-0.1, -0.05) is 19.1 Å². The summed E-state index contributed by atoms with van der Waals surface area (Å²) < 4.78 is 19.8. The molecule has 2 aromatic rings. The van der Waals surface area contributed by atoms with E-state index in [-0.39, 0.29) is 30.9 Å². The van der Waals surface area contributed by atoms with Crippen LogP contribution >= 0.6 is 0 Å². The first-order chi connectivity index (χ1) is 17.8. The lowest BCUT2D eigenvalue weighted by molar-refractivity contribution is 0.0356. The summed E-state index contributed by atoms with van der Waals surface area (Å²) in [4.78, 5) is 34.1. The van der Waals surface area contributed by atoms with Gasteiger partial charge in [-0.15, -0.1) is 0 Å². The third-order valence-electron chi connectivity index (χ3n) is 7.06. The van der Waals surface area contributed by atoms with Crippen LogP contribution < -0.4 is 10.1 Å². The standard InChI is InChI=1S/C28H35FN4O4/c1-18-15-33(19(2)17-34)27(35)24-12-21(20-8-5-4-6-9-20)14-30-26(24)37-25(18)16-32(3)28(36)31-23-11-7-10-22(29)13-23/h7-8,10-14,18-19,25,34H,4-6,9,15-17H2,1-3H3,(H,31,36)/t18-,19-,25-/m1/s1. The Labute approximate surface area is 217 Å². The summed E-state index contributed by atoms with van der Waals surface area (Å²) in [6, 6.07) is 6.74. The van der Waals surface area contributed by atoms with Gasteiger partial charge >= 0.3 is 6.03 Å². The minimum Gasteiger partial charge on any atom is -0.472 e. The van der Waals surface area contributed by atoms with Gasteiger partial charge in [0.25, 0.3) is 5.91 Å². The van der Waals surface area contributed by atoms with Crippen molar-refractivity contribution >= 4 is 23.2 Å². The lowest BCUT2D eigenvalue weighted by Gasteiger charge is -2.37. The van der Waals surface area contributed by atoms with Gasteiger partial charge in [0, 0.05) is 31.4 Å². The summed E-state index contributed by atoms with van der Waals surface area (Å²) in [5.41, 5.74) is 2.79. The van der Waals surface area contributed by atoms with Crippen molar-refractivity contribution in [2.75, 3.05) is 32.1 Å². The highest BCUT2D eigenvalue weighted by Gasteiger charge is 2.35. The van der Waals surface area contributed by atoms with Gasteiger partial charge in [0.05, 0.1) is 19.2 Å². The molecule has 2 N–H and O–H groups in total. The van der Waals surface area contributed by atoms with E-state index in [1.807, 2.05) is 13.0 Å². The number of hydrogen-bond acceptors (Lipinski definition) is 5. The Bertz CT molecular complexity index is 1170. The molecule has 3 amide bonds. The molecule has 9 heteroatoms. The number of fused-ring (bicyclic) bond motifs is 1. The average molecular weight is 511 g/mol. The number of nitrogens with zero attached hydrogens (tertiary/aromatic N) is 3. The molecule has 0 saturated carbocycles. The predicted octanol–water partition coefficient (Wildman–Crippen LogP) is 4.56. The second-order valence-electron chi connectivity index (χ2n) is 10.00. The second kappa shape index (κ2) is 11.7. The molecule has 8 nitrogen and oxygen atoms in total. The topological polar surface area (TPSA) is 95.0 Å². The van der Waals surface area contributed by atoms with E-state index in [4.69, 9.17) is 4.74 Å². The van der Waals surface area contributed by atoms with Crippen LogP contribution in [0.5, 0.6) is 5.88 Å². The van der Waals surface area contributed by atoms with Crippen LogP contribution in [0.3, 0.4) is 0 Å².